The molecule has 1 saturated heterocycles. The Balaban J connectivity index is 1.29. The van der Waals surface area contributed by atoms with Crippen molar-refractivity contribution in [3.63, 3.8) is 0 Å². The van der Waals surface area contributed by atoms with Gasteiger partial charge in [0.1, 0.15) is 10.8 Å². The summed E-state index contributed by atoms with van der Waals surface area (Å²) in [5, 5.41) is 14.5. The first-order valence-electron chi connectivity index (χ1n) is 10.6. The molecule has 1 fully saturated rings. The summed E-state index contributed by atoms with van der Waals surface area (Å²) in [6.07, 6.45) is 6.20. The third-order valence-corrected chi connectivity index (χ3v) is 6.94. The van der Waals surface area contributed by atoms with E-state index in [2.05, 4.69) is 25.7 Å². The van der Waals surface area contributed by atoms with Crippen LogP contribution in [-0.2, 0) is 10.5 Å². The zero-order chi connectivity index (χ0) is 21.9. The van der Waals surface area contributed by atoms with E-state index in [9.17, 15) is 14.0 Å². The number of carbonyl (C=O) groups excluding carboxylic acids is 2. The van der Waals surface area contributed by atoms with Crippen LogP contribution in [0.1, 0.15) is 46.9 Å². The minimum absolute atomic E-state index is 0.0136. The van der Waals surface area contributed by atoms with Crippen molar-refractivity contribution in [2.45, 2.75) is 37.9 Å². The van der Waals surface area contributed by atoms with Crippen LogP contribution in [0, 0.1) is 5.82 Å². The van der Waals surface area contributed by atoms with E-state index in [4.69, 9.17) is 0 Å². The Morgan fingerprint density at radius 3 is 2.58 bits per heavy atom. The van der Waals surface area contributed by atoms with Crippen molar-refractivity contribution in [1.82, 2.24) is 20.4 Å². The monoisotopic (exact) mass is 465 g/mol. The second-order valence-corrected chi connectivity index (χ2v) is 9.46. The first kappa shape index (κ1) is 23.6. The van der Waals surface area contributed by atoms with Crippen LogP contribution in [0.3, 0.4) is 0 Å². The van der Waals surface area contributed by atoms with Crippen LogP contribution in [-0.4, -0.2) is 58.8 Å². The summed E-state index contributed by atoms with van der Waals surface area (Å²) in [6.45, 7) is 4.09. The molecular weight excluding hydrogens is 437 g/mol. The highest BCUT2D eigenvalue weighted by Gasteiger charge is 2.14. The van der Waals surface area contributed by atoms with Gasteiger partial charge in [-0.15, -0.1) is 22.0 Å². The maximum Gasteiger partial charge on any atom is 0.286 e. The molecule has 3 rings (SSSR count). The molecule has 10 heteroatoms. The number of likely N-dealkylation sites (tertiary alicyclic amines) is 1. The van der Waals surface area contributed by atoms with E-state index in [1.807, 2.05) is 0 Å². The number of amides is 2. The van der Waals surface area contributed by atoms with E-state index >= 15 is 0 Å². The third-order valence-electron chi connectivity index (χ3n) is 4.89. The summed E-state index contributed by atoms with van der Waals surface area (Å²) in [7, 11) is 0. The zero-order valence-corrected chi connectivity index (χ0v) is 19.1. The lowest BCUT2D eigenvalue weighted by atomic mass is 10.2. The lowest BCUT2D eigenvalue weighted by molar-refractivity contribution is -0.118. The zero-order valence-electron chi connectivity index (χ0n) is 17.4. The van der Waals surface area contributed by atoms with E-state index in [1.54, 1.807) is 0 Å². The van der Waals surface area contributed by atoms with E-state index < -0.39 is 0 Å². The highest BCUT2D eigenvalue weighted by atomic mass is 32.2. The van der Waals surface area contributed by atoms with Gasteiger partial charge < -0.3 is 15.5 Å². The van der Waals surface area contributed by atoms with Crippen molar-refractivity contribution in [3.05, 3.63) is 40.1 Å². The predicted octanol–water partition coefficient (Wildman–Crippen LogP) is 3.55. The van der Waals surface area contributed by atoms with E-state index in [0.29, 0.717) is 28.7 Å². The average Bonchev–Trinajstić information content (AvgIpc) is 3.08. The summed E-state index contributed by atoms with van der Waals surface area (Å²) >= 11 is 2.63. The number of rotatable bonds is 10. The fraction of sp³-hybridized carbons (Fsp3) is 0.524. The summed E-state index contributed by atoms with van der Waals surface area (Å²) in [5.74, 6) is 0.125. The van der Waals surface area contributed by atoms with E-state index in [1.165, 1.54) is 86.1 Å². The van der Waals surface area contributed by atoms with Crippen LogP contribution < -0.4 is 10.6 Å². The van der Waals surface area contributed by atoms with Gasteiger partial charge in [-0.3, -0.25) is 9.59 Å². The molecule has 0 unspecified atom stereocenters. The molecule has 31 heavy (non-hydrogen) atoms. The molecule has 0 saturated carbocycles. The Bertz CT molecular complexity index is 839. The molecule has 2 N–H and O–H groups in total. The average molecular weight is 466 g/mol. The van der Waals surface area contributed by atoms with Crippen molar-refractivity contribution in [1.29, 1.82) is 0 Å². The number of thioether (sulfide) groups is 1. The second-order valence-electron chi connectivity index (χ2n) is 7.41. The van der Waals surface area contributed by atoms with E-state index in [0.717, 1.165) is 13.0 Å². The highest BCUT2D eigenvalue weighted by molar-refractivity contribution is 7.99. The number of nitrogens with zero attached hydrogens (tertiary/aromatic N) is 3. The van der Waals surface area contributed by atoms with Crippen molar-refractivity contribution in [2.24, 2.45) is 0 Å². The molecule has 0 bridgehead atoms. The van der Waals surface area contributed by atoms with Gasteiger partial charge in [0, 0.05) is 18.0 Å². The van der Waals surface area contributed by atoms with Gasteiger partial charge >= 0.3 is 0 Å². The molecule has 0 aliphatic carbocycles. The number of benzene rings is 1. The quantitative estimate of drug-likeness (QED) is 0.522. The second kappa shape index (κ2) is 12.7. The molecule has 1 aromatic heterocycles. The van der Waals surface area contributed by atoms with Crippen LogP contribution in [0.15, 0.2) is 24.3 Å². The lowest BCUT2D eigenvalue weighted by Gasteiger charge is -2.19. The number of aromatic nitrogens is 2. The number of halogens is 1. The van der Waals surface area contributed by atoms with Crippen molar-refractivity contribution in [3.8, 4) is 0 Å². The molecule has 2 heterocycles. The van der Waals surface area contributed by atoms with Crippen LogP contribution in [0.4, 0.5) is 10.1 Å². The fourth-order valence-electron chi connectivity index (χ4n) is 3.29. The molecule has 0 radical (unpaired) electrons. The molecule has 0 spiro atoms. The topological polar surface area (TPSA) is 87.2 Å². The largest absolute Gasteiger partial charge is 0.355 e. The minimum atomic E-state index is -0.387. The van der Waals surface area contributed by atoms with Gasteiger partial charge in [0.05, 0.1) is 5.75 Å². The van der Waals surface area contributed by atoms with Gasteiger partial charge in [-0.2, -0.15) is 0 Å². The fourth-order valence-corrected chi connectivity index (χ4v) is 4.93. The lowest BCUT2D eigenvalue weighted by Crippen LogP contribution is -2.31. The number of hydrogen-bond donors (Lipinski definition) is 2. The molecule has 2 aromatic rings. The Morgan fingerprint density at radius 1 is 1.10 bits per heavy atom. The van der Waals surface area contributed by atoms with Crippen molar-refractivity contribution in [2.75, 3.05) is 37.2 Å². The van der Waals surface area contributed by atoms with Gasteiger partial charge in [-0.05, 0) is 63.2 Å². The highest BCUT2D eigenvalue weighted by Crippen LogP contribution is 2.18. The molecule has 1 aromatic carbocycles. The molecule has 0 atom stereocenters. The van der Waals surface area contributed by atoms with Gasteiger partial charge in [0.15, 0.2) is 0 Å². The van der Waals surface area contributed by atoms with Crippen LogP contribution in [0.5, 0.6) is 0 Å². The molecule has 2 amide bonds. The van der Waals surface area contributed by atoms with E-state index in [-0.39, 0.29) is 22.6 Å². The Hall–Kier alpha value is -2.04. The SMILES string of the molecule is O=C(CSCc1nnc(C(=O)Nc2ccc(F)cc2)s1)NCCCN1CCCCCC1. The first-order chi connectivity index (χ1) is 15.1. The number of anilines is 1. The summed E-state index contributed by atoms with van der Waals surface area (Å²) in [6, 6.07) is 5.52. The van der Waals surface area contributed by atoms with Crippen molar-refractivity contribution >= 4 is 40.6 Å². The van der Waals surface area contributed by atoms with Crippen molar-refractivity contribution < 1.29 is 14.0 Å². The molecular formula is C21H28FN5O2S2. The Labute approximate surface area is 190 Å². The maximum atomic E-state index is 12.9. The summed E-state index contributed by atoms with van der Waals surface area (Å²) in [4.78, 5) is 26.7. The number of nitrogens with one attached hydrogen (secondary N) is 2. The third kappa shape index (κ3) is 8.54. The van der Waals surface area contributed by atoms with Crippen LogP contribution in [0.2, 0.25) is 0 Å². The normalized spacial score (nSPS) is 14.7. The predicted molar refractivity (Wildman–Crippen MR) is 123 cm³/mol. The van der Waals surface area contributed by atoms with Gasteiger partial charge in [0.25, 0.3) is 5.91 Å². The Morgan fingerprint density at radius 2 is 1.84 bits per heavy atom. The van der Waals surface area contributed by atoms with Gasteiger partial charge in [0.2, 0.25) is 10.9 Å². The summed E-state index contributed by atoms with van der Waals surface area (Å²) < 4.78 is 12.9. The Kier molecular flexibility index (Phi) is 9.70. The van der Waals surface area contributed by atoms with Gasteiger partial charge in [-0.1, -0.05) is 24.2 Å². The number of hydrogen-bond acceptors (Lipinski definition) is 7. The van der Waals surface area contributed by atoms with Gasteiger partial charge in [-0.25, -0.2) is 4.39 Å². The summed E-state index contributed by atoms with van der Waals surface area (Å²) in [5.41, 5.74) is 0.491. The minimum Gasteiger partial charge on any atom is -0.355 e. The smallest absolute Gasteiger partial charge is 0.286 e. The molecule has 7 nitrogen and oxygen atoms in total. The maximum absolute atomic E-state index is 12.9. The standard InChI is InChI=1S/C21H28FN5O2S2/c22-16-6-8-17(9-7-16)24-20(29)21-26-25-19(31-21)15-30-14-18(28)23-10-5-13-27-11-3-1-2-4-12-27/h6-9H,1-5,10-15H2,(H,23,28)(H,24,29). The first-order valence-corrected chi connectivity index (χ1v) is 12.5. The number of carbonyl (C=O) groups is 2. The molecule has 1 aliphatic heterocycles. The molecule has 168 valence electrons. The van der Waals surface area contributed by atoms with Crippen LogP contribution in [0.25, 0.3) is 0 Å². The molecule has 1 aliphatic rings. The van der Waals surface area contributed by atoms with Crippen LogP contribution >= 0.6 is 23.1 Å².